The second kappa shape index (κ2) is 8.71. The van der Waals surface area contributed by atoms with Gasteiger partial charge in [-0.05, 0) is 16.6 Å². The zero-order valence-corrected chi connectivity index (χ0v) is 16.6. The minimum Gasteiger partial charge on any atom is -0.496 e. The van der Waals surface area contributed by atoms with Crippen molar-refractivity contribution in [1.29, 1.82) is 0 Å². The van der Waals surface area contributed by atoms with Crippen LogP contribution in [-0.4, -0.2) is 63.5 Å². The summed E-state index contributed by atoms with van der Waals surface area (Å²) in [5, 5.41) is 0. The predicted molar refractivity (Wildman–Crippen MR) is 96.2 cm³/mol. The van der Waals surface area contributed by atoms with E-state index < -0.39 is 16.0 Å². The SMILES string of the molecule is COc1cc(OC)nc(Oc2cccc(OC)c2C(=O)ON(C)S(C)(=O)=O)n1. The van der Waals surface area contributed by atoms with Gasteiger partial charge in [-0.1, -0.05) is 6.07 Å². The predicted octanol–water partition coefficient (Wildman–Crippen LogP) is 1.26. The Kier molecular flexibility index (Phi) is 6.59. The molecule has 11 nitrogen and oxygen atoms in total. The smallest absolute Gasteiger partial charge is 0.365 e. The largest absolute Gasteiger partial charge is 0.496 e. The maximum atomic E-state index is 12.6. The third kappa shape index (κ3) is 4.98. The average molecular weight is 413 g/mol. The van der Waals surface area contributed by atoms with E-state index in [2.05, 4.69) is 9.97 Å². The second-order valence-electron chi connectivity index (χ2n) is 5.22. The van der Waals surface area contributed by atoms with Crippen LogP contribution in [0, 0.1) is 0 Å². The summed E-state index contributed by atoms with van der Waals surface area (Å²) in [5.41, 5.74) is -0.161. The number of hydroxylamine groups is 1. The van der Waals surface area contributed by atoms with E-state index in [4.69, 9.17) is 23.8 Å². The normalized spacial score (nSPS) is 11.1. The van der Waals surface area contributed by atoms with Gasteiger partial charge in [0.1, 0.15) is 17.1 Å². The fourth-order valence-corrected chi connectivity index (χ4v) is 2.14. The summed E-state index contributed by atoms with van der Waals surface area (Å²) < 4.78 is 44.3. The maximum absolute atomic E-state index is 12.6. The van der Waals surface area contributed by atoms with Gasteiger partial charge in [-0.3, -0.25) is 0 Å². The second-order valence-corrected chi connectivity index (χ2v) is 7.20. The molecule has 0 N–H and O–H groups in total. The van der Waals surface area contributed by atoms with Gasteiger partial charge in [-0.15, -0.1) is 0 Å². The number of benzene rings is 1. The van der Waals surface area contributed by atoms with Crippen molar-refractivity contribution in [2.24, 2.45) is 0 Å². The molecule has 152 valence electrons. The van der Waals surface area contributed by atoms with Crippen molar-refractivity contribution in [3.63, 3.8) is 0 Å². The van der Waals surface area contributed by atoms with Crippen molar-refractivity contribution in [2.45, 2.75) is 0 Å². The van der Waals surface area contributed by atoms with Crippen molar-refractivity contribution >= 4 is 16.0 Å². The minimum atomic E-state index is -3.76. The first-order chi connectivity index (χ1) is 13.2. The Bertz CT molecular complexity index is 942. The molecule has 0 fully saturated rings. The Hall–Kier alpha value is -3.12. The summed E-state index contributed by atoms with van der Waals surface area (Å²) in [7, 11) is 1.46. The molecule has 2 rings (SSSR count). The molecule has 0 amide bonds. The Morgan fingerprint density at radius 1 is 1.00 bits per heavy atom. The van der Waals surface area contributed by atoms with E-state index in [-0.39, 0.29) is 34.8 Å². The lowest BCUT2D eigenvalue weighted by Crippen LogP contribution is -2.29. The van der Waals surface area contributed by atoms with E-state index in [1.54, 1.807) is 6.07 Å². The Balaban J connectivity index is 2.45. The Labute approximate surface area is 161 Å². The zero-order valence-electron chi connectivity index (χ0n) is 15.8. The fraction of sp³-hybridized carbons (Fsp3) is 0.312. The molecule has 0 aliphatic heterocycles. The molecule has 28 heavy (non-hydrogen) atoms. The number of rotatable bonds is 8. The molecular weight excluding hydrogens is 394 g/mol. The van der Waals surface area contributed by atoms with Gasteiger partial charge < -0.3 is 23.8 Å². The number of sulfonamides is 1. The molecule has 0 saturated heterocycles. The first kappa shape index (κ1) is 21.2. The minimum absolute atomic E-state index is 0.0263. The fourth-order valence-electron chi connectivity index (χ4n) is 1.93. The van der Waals surface area contributed by atoms with Gasteiger partial charge in [0.05, 0.1) is 33.7 Å². The molecule has 2 aromatic rings. The summed E-state index contributed by atoms with van der Waals surface area (Å²) in [6.07, 6.45) is 0.885. The van der Waals surface area contributed by atoms with E-state index in [9.17, 15) is 13.2 Å². The third-order valence-electron chi connectivity index (χ3n) is 3.37. The summed E-state index contributed by atoms with van der Waals surface area (Å²) >= 11 is 0. The van der Waals surface area contributed by atoms with Crippen molar-refractivity contribution in [2.75, 3.05) is 34.6 Å². The standard InChI is InChI=1S/C16H19N3O8S/c1-19(28(5,21)22)27-15(20)14-10(23-2)7-6-8-11(14)26-16-17-12(24-3)9-13(18-16)25-4/h6-9H,1-5H3. The highest BCUT2D eigenvalue weighted by Crippen LogP contribution is 2.33. The highest BCUT2D eigenvalue weighted by Gasteiger charge is 2.26. The van der Waals surface area contributed by atoms with Gasteiger partial charge in [0.2, 0.25) is 21.8 Å². The van der Waals surface area contributed by atoms with Crippen LogP contribution in [0.2, 0.25) is 0 Å². The van der Waals surface area contributed by atoms with Gasteiger partial charge in [-0.25, -0.2) is 13.2 Å². The molecule has 0 unspecified atom stereocenters. The van der Waals surface area contributed by atoms with Gasteiger partial charge in [0.15, 0.2) is 0 Å². The highest BCUT2D eigenvalue weighted by atomic mass is 32.2. The molecule has 1 heterocycles. The first-order valence-corrected chi connectivity index (χ1v) is 9.52. The van der Waals surface area contributed by atoms with Gasteiger partial charge in [-0.2, -0.15) is 9.97 Å². The number of carbonyl (C=O) groups excluding carboxylic acids is 1. The van der Waals surface area contributed by atoms with Crippen molar-refractivity contribution in [1.82, 2.24) is 14.4 Å². The van der Waals surface area contributed by atoms with Crippen LogP contribution in [0.1, 0.15) is 10.4 Å². The number of ether oxygens (including phenoxy) is 4. The molecule has 1 aromatic heterocycles. The Morgan fingerprint density at radius 3 is 2.07 bits per heavy atom. The molecule has 0 radical (unpaired) electrons. The van der Waals surface area contributed by atoms with Crippen molar-refractivity contribution in [3.8, 4) is 29.3 Å². The first-order valence-electron chi connectivity index (χ1n) is 7.67. The Morgan fingerprint density at radius 2 is 1.57 bits per heavy atom. The van der Waals surface area contributed by atoms with Crippen molar-refractivity contribution < 1.29 is 37.0 Å². The van der Waals surface area contributed by atoms with E-state index in [0.717, 1.165) is 13.3 Å². The van der Waals surface area contributed by atoms with Crippen LogP contribution in [0.5, 0.6) is 29.3 Å². The molecule has 0 bridgehead atoms. The summed E-state index contributed by atoms with van der Waals surface area (Å²) in [5.74, 6) is -0.604. The number of hydrogen-bond acceptors (Lipinski definition) is 10. The lowest BCUT2D eigenvalue weighted by atomic mass is 10.2. The van der Waals surface area contributed by atoms with Crippen molar-refractivity contribution in [3.05, 3.63) is 29.8 Å². The van der Waals surface area contributed by atoms with Gasteiger partial charge in [0, 0.05) is 7.05 Å². The monoisotopic (exact) mass is 413 g/mol. The number of methoxy groups -OCH3 is 3. The lowest BCUT2D eigenvalue weighted by molar-refractivity contribution is -0.0296. The quantitative estimate of drug-likeness (QED) is 0.584. The van der Waals surface area contributed by atoms with E-state index in [0.29, 0.717) is 4.47 Å². The lowest BCUT2D eigenvalue weighted by Gasteiger charge is -2.17. The van der Waals surface area contributed by atoms with Crippen LogP contribution < -0.4 is 18.9 Å². The van der Waals surface area contributed by atoms with Crippen LogP contribution >= 0.6 is 0 Å². The highest BCUT2D eigenvalue weighted by molar-refractivity contribution is 7.88. The van der Waals surface area contributed by atoms with Crippen LogP contribution in [-0.2, 0) is 14.9 Å². The molecule has 12 heteroatoms. The number of carbonyl (C=O) groups is 1. The number of hydrogen-bond donors (Lipinski definition) is 0. The summed E-state index contributed by atoms with van der Waals surface area (Å²) in [6.45, 7) is 0. The molecule has 0 aliphatic carbocycles. The van der Waals surface area contributed by atoms with Crippen LogP contribution in [0.3, 0.4) is 0 Å². The third-order valence-corrected chi connectivity index (χ3v) is 4.38. The zero-order chi connectivity index (χ0) is 20.9. The van der Waals surface area contributed by atoms with Gasteiger partial charge in [0.25, 0.3) is 0 Å². The summed E-state index contributed by atoms with van der Waals surface area (Å²) in [4.78, 5) is 25.5. The molecule has 1 aromatic carbocycles. The van der Waals surface area contributed by atoms with Crippen LogP contribution in [0.25, 0.3) is 0 Å². The average Bonchev–Trinajstić information content (AvgIpc) is 2.66. The van der Waals surface area contributed by atoms with Crippen LogP contribution in [0.4, 0.5) is 0 Å². The summed E-state index contributed by atoms with van der Waals surface area (Å²) in [6, 6.07) is 5.75. The molecule has 0 aliphatic rings. The molecule has 0 atom stereocenters. The maximum Gasteiger partial charge on any atom is 0.365 e. The van der Waals surface area contributed by atoms with Crippen LogP contribution in [0.15, 0.2) is 24.3 Å². The van der Waals surface area contributed by atoms with Gasteiger partial charge >= 0.3 is 12.0 Å². The van der Waals surface area contributed by atoms with E-state index in [1.807, 2.05) is 0 Å². The van der Waals surface area contributed by atoms with E-state index >= 15 is 0 Å². The molecule has 0 spiro atoms. The number of nitrogens with zero attached hydrogens (tertiary/aromatic N) is 3. The molecule has 0 saturated carbocycles. The van der Waals surface area contributed by atoms with E-state index in [1.165, 1.54) is 39.5 Å². The molecular formula is C16H19N3O8S. The topological polar surface area (TPSA) is 126 Å². The number of aromatic nitrogens is 2.